The molecule has 1 unspecified atom stereocenters. The number of non-ortho nitro benzene ring substituents is 1. The van der Waals surface area contributed by atoms with Gasteiger partial charge in [-0.1, -0.05) is 0 Å². The topological polar surface area (TPSA) is 125 Å². The Morgan fingerprint density at radius 2 is 1.85 bits per heavy atom. The third-order valence-corrected chi connectivity index (χ3v) is 3.41. The van der Waals surface area contributed by atoms with Crippen molar-refractivity contribution in [3.8, 4) is 0 Å². The van der Waals surface area contributed by atoms with Gasteiger partial charge in [0.2, 0.25) is 0 Å². The third kappa shape index (κ3) is 4.32. The van der Waals surface area contributed by atoms with Gasteiger partial charge in [0.1, 0.15) is 0 Å². The average Bonchev–Trinajstić information content (AvgIpc) is 2.61. The molecule has 1 atom stereocenters. The van der Waals surface area contributed by atoms with Crippen LogP contribution in [0.5, 0.6) is 0 Å². The Labute approximate surface area is 149 Å². The molecule has 2 aromatic rings. The fraction of sp³-hybridized carbons (Fsp3) is 0.125. The number of nitrogen functional groups attached to an aromatic ring is 1. The molecule has 0 saturated heterocycles. The monoisotopic (exact) mass is 383 g/mol. The van der Waals surface area contributed by atoms with Crippen molar-refractivity contribution in [3.63, 3.8) is 0 Å². The van der Waals surface area contributed by atoms with E-state index in [1.807, 2.05) is 5.32 Å². The van der Waals surface area contributed by atoms with E-state index >= 15 is 0 Å². The second kappa shape index (κ2) is 7.72. The van der Waals surface area contributed by atoms with Gasteiger partial charge in [0.25, 0.3) is 11.6 Å². The van der Waals surface area contributed by atoms with Crippen LogP contribution in [0.1, 0.15) is 17.3 Å². The number of carbonyl (C=O) groups is 2. The molecule has 0 fully saturated rings. The molecule has 0 heterocycles. The van der Waals surface area contributed by atoms with Gasteiger partial charge in [-0.05, 0) is 25.1 Å². The van der Waals surface area contributed by atoms with Gasteiger partial charge in [-0.2, -0.15) is 0 Å². The summed E-state index contributed by atoms with van der Waals surface area (Å²) < 4.78 is 44.5. The second-order valence-electron chi connectivity index (χ2n) is 5.29. The zero-order valence-corrected chi connectivity index (χ0v) is 13.7. The summed E-state index contributed by atoms with van der Waals surface area (Å²) >= 11 is 0. The number of rotatable bonds is 5. The van der Waals surface area contributed by atoms with Crippen molar-refractivity contribution in [1.29, 1.82) is 0 Å². The maximum absolute atomic E-state index is 13.6. The highest BCUT2D eigenvalue weighted by molar-refractivity contribution is 5.99. The van der Waals surface area contributed by atoms with Gasteiger partial charge in [0, 0.05) is 12.1 Å². The Morgan fingerprint density at radius 3 is 2.44 bits per heavy atom. The summed E-state index contributed by atoms with van der Waals surface area (Å²) in [5, 5.41) is 12.6. The number of hydrogen-bond acceptors (Lipinski definition) is 6. The molecule has 0 aliphatic rings. The summed E-state index contributed by atoms with van der Waals surface area (Å²) in [7, 11) is 0. The first-order valence-corrected chi connectivity index (χ1v) is 7.31. The zero-order chi connectivity index (χ0) is 20.3. The van der Waals surface area contributed by atoms with Crippen molar-refractivity contribution in [2.75, 3.05) is 11.1 Å². The van der Waals surface area contributed by atoms with Gasteiger partial charge >= 0.3 is 5.97 Å². The number of ether oxygens (including phenoxy) is 1. The molecule has 1 amide bonds. The Bertz CT molecular complexity index is 936. The molecule has 0 aliphatic heterocycles. The highest BCUT2D eigenvalue weighted by Crippen LogP contribution is 2.22. The molecule has 142 valence electrons. The number of esters is 1. The molecule has 11 heteroatoms. The third-order valence-electron chi connectivity index (χ3n) is 3.41. The maximum Gasteiger partial charge on any atom is 0.341 e. The molecule has 27 heavy (non-hydrogen) atoms. The van der Waals surface area contributed by atoms with Crippen LogP contribution < -0.4 is 11.1 Å². The Hall–Kier alpha value is -3.63. The molecule has 0 aromatic heterocycles. The van der Waals surface area contributed by atoms with Crippen LogP contribution in [-0.4, -0.2) is 22.9 Å². The van der Waals surface area contributed by atoms with Gasteiger partial charge in [0.15, 0.2) is 23.6 Å². The van der Waals surface area contributed by atoms with Crippen LogP contribution in [0.4, 0.5) is 30.2 Å². The number of carbonyl (C=O) groups excluding carboxylic acids is 2. The van der Waals surface area contributed by atoms with Gasteiger partial charge in [-0.25, -0.2) is 18.0 Å². The minimum absolute atomic E-state index is 0.223. The fourth-order valence-corrected chi connectivity index (χ4v) is 1.98. The molecular weight excluding hydrogens is 371 g/mol. The second-order valence-corrected chi connectivity index (χ2v) is 5.29. The summed E-state index contributed by atoms with van der Waals surface area (Å²) in [6.07, 6.45) is -1.46. The summed E-state index contributed by atoms with van der Waals surface area (Å²) in [4.78, 5) is 33.9. The smallest absolute Gasteiger partial charge is 0.341 e. The Balaban J connectivity index is 2.09. The summed E-state index contributed by atoms with van der Waals surface area (Å²) in [6, 6.07) is 4.43. The lowest BCUT2D eigenvalue weighted by Gasteiger charge is -2.14. The number of nitrogens with one attached hydrogen (secondary N) is 1. The highest BCUT2D eigenvalue weighted by Gasteiger charge is 2.23. The molecule has 0 bridgehead atoms. The molecule has 0 radical (unpaired) electrons. The van der Waals surface area contributed by atoms with Gasteiger partial charge < -0.3 is 15.8 Å². The minimum Gasteiger partial charge on any atom is -0.449 e. The number of anilines is 2. The Kier molecular flexibility index (Phi) is 5.63. The van der Waals surface area contributed by atoms with Crippen molar-refractivity contribution >= 4 is 28.9 Å². The van der Waals surface area contributed by atoms with E-state index in [1.165, 1.54) is 0 Å². The summed E-state index contributed by atoms with van der Waals surface area (Å²) in [5.41, 5.74) is 4.10. The predicted octanol–water partition coefficient (Wildman–Crippen LogP) is 2.78. The molecule has 0 aliphatic carbocycles. The molecule has 8 nitrogen and oxygen atoms in total. The first-order chi connectivity index (χ1) is 12.6. The fourth-order valence-electron chi connectivity index (χ4n) is 1.98. The van der Waals surface area contributed by atoms with Crippen molar-refractivity contribution in [2.45, 2.75) is 13.0 Å². The quantitative estimate of drug-likeness (QED) is 0.269. The maximum atomic E-state index is 13.6. The number of benzene rings is 2. The number of nitrogens with zero attached hydrogens (tertiary/aromatic N) is 1. The lowest BCUT2D eigenvalue weighted by atomic mass is 10.1. The van der Waals surface area contributed by atoms with Crippen molar-refractivity contribution < 1.29 is 32.4 Å². The van der Waals surface area contributed by atoms with Crippen LogP contribution in [-0.2, 0) is 9.53 Å². The van der Waals surface area contributed by atoms with Crippen molar-refractivity contribution in [3.05, 3.63) is 63.5 Å². The number of nitro groups is 1. The van der Waals surface area contributed by atoms with E-state index < -0.39 is 46.0 Å². The zero-order valence-electron chi connectivity index (χ0n) is 13.7. The van der Waals surface area contributed by atoms with Crippen LogP contribution in [0.2, 0.25) is 0 Å². The van der Waals surface area contributed by atoms with E-state index in [9.17, 15) is 32.9 Å². The van der Waals surface area contributed by atoms with E-state index in [2.05, 4.69) is 0 Å². The van der Waals surface area contributed by atoms with Gasteiger partial charge in [-0.15, -0.1) is 0 Å². The standard InChI is InChI=1S/C16H12F3N3O5/c1-7(15(23)21-12-5-4-10(17)13(18)14(12)19)27-16(24)9-3-2-8(22(25)26)6-11(9)20/h2-7H,20H2,1H3,(H,21,23). The molecule has 3 N–H and O–H groups in total. The van der Waals surface area contributed by atoms with Crippen molar-refractivity contribution in [1.82, 2.24) is 0 Å². The molecule has 2 rings (SSSR count). The van der Waals surface area contributed by atoms with Crippen LogP contribution >= 0.6 is 0 Å². The first-order valence-electron chi connectivity index (χ1n) is 7.31. The summed E-state index contributed by atoms with van der Waals surface area (Å²) in [6.45, 7) is 1.15. The van der Waals surface area contributed by atoms with Gasteiger partial charge in [0.05, 0.1) is 21.9 Å². The number of nitro benzene ring substituents is 1. The van der Waals surface area contributed by atoms with E-state index in [4.69, 9.17) is 10.5 Å². The molecule has 0 saturated carbocycles. The molecule has 0 spiro atoms. The number of nitrogens with two attached hydrogens (primary N) is 1. The van der Waals surface area contributed by atoms with E-state index in [-0.39, 0.29) is 16.9 Å². The molecule has 2 aromatic carbocycles. The minimum atomic E-state index is -1.77. The number of halogens is 3. The van der Waals surface area contributed by atoms with Crippen LogP contribution in [0, 0.1) is 27.6 Å². The van der Waals surface area contributed by atoms with E-state index in [0.717, 1.165) is 31.2 Å². The largest absolute Gasteiger partial charge is 0.449 e. The molecular formula is C16H12F3N3O5. The highest BCUT2D eigenvalue weighted by atomic mass is 19.2. The van der Waals surface area contributed by atoms with Crippen LogP contribution in [0.15, 0.2) is 30.3 Å². The van der Waals surface area contributed by atoms with E-state index in [1.54, 1.807) is 0 Å². The average molecular weight is 383 g/mol. The Morgan fingerprint density at radius 1 is 1.19 bits per heavy atom. The van der Waals surface area contributed by atoms with Gasteiger partial charge in [-0.3, -0.25) is 14.9 Å². The lowest BCUT2D eigenvalue weighted by Crippen LogP contribution is -2.30. The van der Waals surface area contributed by atoms with Crippen LogP contribution in [0.25, 0.3) is 0 Å². The van der Waals surface area contributed by atoms with Crippen molar-refractivity contribution in [2.24, 2.45) is 0 Å². The first kappa shape index (κ1) is 19.7. The summed E-state index contributed by atoms with van der Waals surface area (Å²) in [5.74, 6) is -6.89. The normalized spacial score (nSPS) is 11.6. The number of hydrogen-bond donors (Lipinski definition) is 2. The predicted molar refractivity (Wildman–Crippen MR) is 87.3 cm³/mol. The SMILES string of the molecule is CC(OC(=O)c1ccc([N+](=O)[O-])cc1N)C(=O)Nc1ccc(F)c(F)c1F. The lowest BCUT2D eigenvalue weighted by molar-refractivity contribution is -0.384. The van der Waals surface area contributed by atoms with E-state index in [0.29, 0.717) is 6.07 Å². The van der Waals surface area contributed by atoms with Crippen LogP contribution in [0.3, 0.4) is 0 Å². The number of amides is 1.